The molecule has 1 aliphatic carbocycles. The zero-order chi connectivity index (χ0) is 15.4. The number of amides is 2. The van der Waals surface area contributed by atoms with Gasteiger partial charge in [0, 0.05) is 18.3 Å². The van der Waals surface area contributed by atoms with Gasteiger partial charge in [-0.3, -0.25) is 4.99 Å². The van der Waals surface area contributed by atoms with Crippen molar-refractivity contribution in [2.45, 2.75) is 44.8 Å². The fourth-order valence-corrected chi connectivity index (χ4v) is 3.04. The summed E-state index contributed by atoms with van der Waals surface area (Å²) in [4.78, 5) is 30.4. The molecule has 0 bridgehead atoms. The van der Waals surface area contributed by atoms with Gasteiger partial charge in [-0.15, -0.1) is 11.8 Å². The van der Waals surface area contributed by atoms with E-state index in [4.69, 9.17) is 4.74 Å². The first-order valence-corrected chi connectivity index (χ1v) is 8.36. The van der Waals surface area contributed by atoms with Gasteiger partial charge in [0.1, 0.15) is 6.04 Å². The van der Waals surface area contributed by atoms with Gasteiger partial charge in [-0.1, -0.05) is 13.8 Å². The van der Waals surface area contributed by atoms with Crippen molar-refractivity contribution in [2.75, 3.05) is 19.4 Å². The topological polar surface area (TPSA) is 71.0 Å². The van der Waals surface area contributed by atoms with Gasteiger partial charge >= 0.3 is 12.0 Å². The van der Waals surface area contributed by atoms with E-state index in [-0.39, 0.29) is 24.0 Å². The minimum absolute atomic E-state index is 0.0116. The molecule has 21 heavy (non-hydrogen) atoms. The normalized spacial score (nSPS) is 22.2. The van der Waals surface area contributed by atoms with Crippen molar-refractivity contribution in [2.24, 2.45) is 10.9 Å². The summed E-state index contributed by atoms with van der Waals surface area (Å²) in [7, 11) is 1.34. The highest BCUT2D eigenvalue weighted by molar-refractivity contribution is 8.12. The van der Waals surface area contributed by atoms with Crippen LogP contribution in [0.15, 0.2) is 4.99 Å². The van der Waals surface area contributed by atoms with E-state index in [2.05, 4.69) is 10.3 Å². The van der Waals surface area contributed by atoms with Crippen molar-refractivity contribution in [3.8, 4) is 0 Å². The number of aliphatic imine (C=N–C) groups is 1. The standard InChI is InChI=1S/C14H23N3O3S/c1-9(2)12(13(18)20-3)16-14(19)17(11-4-5-11)6-10-7-21-8-15-10/h8-12H,4-7H2,1-3H3,(H,16,19)/t10?,12-/m0/s1. The molecule has 1 heterocycles. The van der Waals surface area contributed by atoms with Gasteiger partial charge in [0.2, 0.25) is 0 Å². The number of thioether (sulfide) groups is 1. The molecule has 2 rings (SSSR count). The van der Waals surface area contributed by atoms with Crippen LogP contribution in [0.25, 0.3) is 0 Å². The number of methoxy groups -OCH3 is 1. The molecule has 0 radical (unpaired) electrons. The first kappa shape index (κ1) is 16.1. The molecule has 0 spiro atoms. The second-order valence-corrected chi connectivity index (χ2v) is 6.70. The Morgan fingerprint density at radius 1 is 1.48 bits per heavy atom. The van der Waals surface area contributed by atoms with Gasteiger partial charge in [0.15, 0.2) is 0 Å². The molecule has 6 nitrogen and oxygen atoms in total. The summed E-state index contributed by atoms with van der Waals surface area (Å²) in [6.07, 6.45) is 2.06. The number of hydrogen-bond acceptors (Lipinski definition) is 5. The summed E-state index contributed by atoms with van der Waals surface area (Å²) < 4.78 is 4.76. The van der Waals surface area contributed by atoms with Crippen LogP contribution in [-0.4, -0.2) is 60.0 Å². The van der Waals surface area contributed by atoms with Crippen LogP contribution in [0.5, 0.6) is 0 Å². The first-order chi connectivity index (χ1) is 10.0. The number of hydrogen-bond donors (Lipinski definition) is 1. The Balaban J connectivity index is 1.97. The summed E-state index contributed by atoms with van der Waals surface area (Å²) in [5, 5.41) is 2.82. The van der Waals surface area contributed by atoms with Crippen LogP contribution in [0.2, 0.25) is 0 Å². The van der Waals surface area contributed by atoms with Crippen molar-refractivity contribution < 1.29 is 14.3 Å². The molecule has 1 aliphatic heterocycles. The Hall–Kier alpha value is -1.24. The lowest BCUT2D eigenvalue weighted by Gasteiger charge is -2.28. The number of ether oxygens (including phenoxy) is 1. The second kappa shape index (κ2) is 7.15. The predicted octanol–water partition coefficient (Wildman–Crippen LogP) is 1.50. The number of rotatable bonds is 6. The molecule has 0 aromatic heterocycles. The number of esters is 1. The lowest BCUT2D eigenvalue weighted by molar-refractivity contribution is -0.144. The van der Waals surface area contributed by atoms with E-state index in [1.807, 2.05) is 24.3 Å². The van der Waals surface area contributed by atoms with E-state index >= 15 is 0 Å². The van der Waals surface area contributed by atoms with Crippen molar-refractivity contribution >= 4 is 29.3 Å². The molecule has 0 aromatic carbocycles. The highest BCUT2D eigenvalue weighted by atomic mass is 32.2. The average Bonchev–Trinajstić information content (AvgIpc) is 3.17. The lowest BCUT2D eigenvalue weighted by atomic mass is 10.1. The van der Waals surface area contributed by atoms with E-state index in [9.17, 15) is 9.59 Å². The van der Waals surface area contributed by atoms with Crippen molar-refractivity contribution in [1.82, 2.24) is 10.2 Å². The summed E-state index contributed by atoms with van der Waals surface area (Å²) in [5.74, 6) is 0.507. The fourth-order valence-electron chi connectivity index (χ4n) is 2.28. The lowest BCUT2D eigenvalue weighted by Crippen LogP contribution is -2.52. The summed E-state index contributed by atoms with van der Waals surface area (Å²) in [6.45, 7) is 4.40. The first-order valence-electron chi connectivity index (χ1n) is 7.31. The Morgan fingerprint density at radius 3 is 2.67 bits per heavy atom. The largest absolute Gasteiger partial charge is 0.467 e. The third kappa shape index (κ3) is 4.36. The Labute approximate surface area is 129 Å². The number of nitrogens with zero attached hydrogens (tertiary/aromatic N) is 2. The molecule has 2 atom stereocenters. The van der Waals surface area contributed by atoms with Gasteiger partial charge in [0.05, 0.1) is 18.7 Å². The molecule has 1 saturated carbocycles. The monoisotopic (exact) mass is 313 g/mol. The molecule has 1 fully saturated rings. The highest BCUT2D eigenvalue weighted by Crippen LogP contribution is 2.28. The van der Waals surface area contributed by atoms with Gasteiger partial charge < -0.3 is 15.0 Å². The Bertz CT molecular complexity index is 424. The fraction of sp³-hybridized carbons (Fsp3) is 0.786. The molecule has 118 valence electrons. The van der Waals surface area contributed by atoms with Crippen LogP contribution in [0.4, 0.5) is 4.79 Å². The van der Waals surface area contributed by atoms with E-state index in [1.165, 1.54) is 7.11 Å². The Morgan fingerprint density at radius 2 is 2.19 bits per heavy atom. The molecule has 0 aromatic rings. The van der Waals surface area contributed by atoms with E-state index < -0.39 is 12.0 Å². The van der Waals surface area contributed by atoms with Crippen LogP contribution in [-0.2, 0) is 9.53 Å². The molecule has 7 heteroatoms. The van der Waals surface area contributed by atoms with Crippen LogP contribution < -0.4 is 5.32 Å². The van der Waals surface area contributed by atoms with Gasteiger partial charge in [0.25, 0.3) is 0 Å². The number of urea groups is 1. The molecule has 2 amide bonds. The smallest absolute Gasteiger partial charge is 0.328 e. The van der Waals surface area contributed by atoms with Crippen molar-refractivity contribution in [1.29, 1.82) is 0 Å². The van der Waals surface area contributed by atoms with Crippen LogP contribution in [0.1, 0.15) is 26.7 Å². The SMILES string of the molecule is COC(=O)[C@@H](NC(=O)N(CC1CSC=N1)C1CC1)C(C)C. The van der Waals surface area contributed by atoms with Crippen LogP contribution >= 0.6 is 11.8 Å². The van der Waals surface area contributed by atoms with Crippen LogP contribution in [0.3, 0.4) is 0 Å². The summed E-state index contributed by atoms with van der Waals surface area (Å²) >= 11 is 1.67. The van der Waals surface area contributed by atoms with Crippen LogP contribution in [0, 0.1) is 5.92 Å². The number of nitrogens with one attached hydrogen (secondary N) is 1. The minimum atomic E-state index is -0.606. The molecule has 1 unspecified atom stereocenters. The van der Waals surface area contributed by atoms with Gasteiger partial charge in [-0.2, -0.15) is 0 Å². The number of carbonyl (C=O) groups is 2. The summed E-state index contributed by atoms with van der Waals surface area (Å²) in [6, 6.07) is -0.341. The zero-order valence-electron chi connectivity index (χ0n) is 12.7. The molecular weight excluding hydrogens is 290 g/mol. The van der Waals surface area contributed by atoms with E-state index in [1.54, 1.807) is 11.8 Å². The highest BCUT2D eigenvalue weighted by Gasteiger charge is 2.36. The maximum atomic E-state index is 12.5. The van der Waals surface area contributed by atoms with Crippen molar-refractivity contribution in [3.63, 3.8) is 0 Å². The maximum Gasteiger partial charge on any atom is 0.328 e. The molecule has 2 aliphatic rings. The third-order valence-electron chi connectivity index (χ3n) is 3.69. The van der Waals surface area contributed by atoms with E-state index in [0.717, 1.165) is 18.6 Å². The van der Waals surface area contributed by atoms with Gasteiger partial charge in [-0.25, -0.2) is 9.59 Å². The minimum Gasteiger partial charge on any atom is -0.467 e. The third-order valence-corrected chi connectivity index (χ3v) is 4.54. The quantitative estimate of drug-likeness (QED) is 0.754. The second-order valence-electron chi connectivity index (χ2n) is 5.82. The van der Waals surface area contributed by atoms with E-state index in [0.29, 0.717) is 6.54 Å². The molecular formula is C14H23N3O3S. The Kier molecular flexibility index (Phi) is 5.50. The predicted molar refractivity (Wildman–Crippen MR) is 83.6 cm³/mol. The number of carbonyl (C=O) groups excluding carboxylic acids is 2. The average molecular weight is 313 g/mol. The maximum absolute atomic E-state index is 12.5. The molecule has 1 N–H and O–H groups in total. The molecule has 0 saturated heterocycles. The van der Waals surface area contributed by atoms with Crippen molar-refractivity contribution in [3.05, 3.63) is 0 Å². The summed E-state index contributed by atoms with van der Waals surface area (Å²) in [5.41, 5.74) is 1.85. The zero-order valence-corrected chi connectivity index (χ0v) is 13.6. The van der Waals surface area contributed by atoms with Gasteiger partial charge in [-0.05, 0) is 18.8 Å².